The number of aromatic nitrogens is 3. The van der Waals surface area contributed by atoms with Crippen LogP contribution in [0.4, 0.5) is 0 Å². The lowest BCUT2D eigenvalue weighted by molar-refractivity contribution is 0.0657. The summed E-state index contributed by atoms with van der Waals surface area (Å²) < 4.78 is 6.94. The highest BCUT2D eigenvalue weighted by Crippen LogP contribution is 2.26. The van der Waals surface area contributed by atoms with Gasteiger partial charge in [0, 0.05) is 37.8 Å². The average Bonchev–Trinajstić information content (AvgIpc) is 3.19. The van der Waals surface area contributed by atoms with Crippen molar-refractivity contribution >= 4 is 5.91 Å². The molecule has 0 aliphatic carbocycles. The Bertz CT molecular complexity index is 1000. The van der Waals surface area contributed by atoms with Gasteiger partial charge < -0.3 is 14.5 Å². The summed E-state index contributed by atoms with van der Waals surface area (Å²) in [6, 6.07) is 13.7. The van der Waals surface area contributed by atoms with Gasteiger partial charge in [-0.05, 0) is 32.2 Å². The number of methoxy groups -OCH3 is 1. The van der Waals surface area contributed by atoms with Crippen molar-refractivity contribution in [1.29, 1.82) is 0 Å². The minimum Gasteiger partial charge on any atom is -0.481 e. The van der Waals surface area contributed by atoms with E-state index in [2.05, 4.69) is 41.1 Å². The molecule has 0 radical (unpaired) electrons. The number of likely N-dealkylation sites (N-methyl/N-ethyl adjacent to an activating group) is 1. The van der Waals surface area contributed by atoms with E-state index in [1.807, 2.05) is 29.2 Å². The predicted octanol–water partition coefficient (Wildman–Crippen LogP) is 2.64. The number of carbonyl (C=O) groups excluding carboxylic acids is 1. The van der Waals surface area contributed by atoms with Crippen molar-refractivity contribution in [3.05, 3.63) is 59.9 Å². The fourth-order valence-electron chi connectivity index (χ4n) is 3.48. The number of rotatable bonds is 4. The molecule has 7 nitrogen and oxygen atoms in total. The SMILES string of the molecule is COc1ccc(-n2nc(C(=O)N3CCN(C)CC3)cc2-c2cccc(C)c2)cn1. The second-order valence-electron chi connectivity index (χ2n) is 7.35. The molecule has 0 atom stereocenters. The number of amides is 1. The van der Waals surface area contributed by atoms with Crippen LogP contribution in [0.1, 0.15) is 16.1 Å². The van der Waals surface area contributed by atoms with Crippen molar-refractivity contribution in [2.75, 3.05) is 40.3 Å². The monoisotopic (exact) mass is 391 g/mol. The van der Waals surface area contributed by atoms with Gasteiger partial charge in [-0.25, -0.2) is 9.67 Å². The van der Waals surface area contributed by atoms with Crippen LogP contribution in [0.15, 0.2) is 48.7 Å². The normalized spacial score (nSPS) is 14.8. The number of pyridine rings is 1. The number of carbonyl (C=O) groups is 1. The third-order valence-corrected chi connectivity index (χ3v) is 5.21. The highest BCUT2D eigenvalue weighted by molar-refractivity contribution is 5.93. The quantitative estimate of drug-likeness (QED) is 0.684. The number of hydrogen-bond donors (Lipinski definition) is 0. The zero-order valence-corrected chi connectivity index (χ0v) is 17.0. The molecule has 1 fully saturated rings. The molecular weight excluding hydrogens is 366 g/mol. The summed E-state index contributed by atoms with van der Waals surface area (Å²) in [7, 11) is 3.66. The van der Waals surface area contributed by atoms with Crippen LogP contribution in [0.3, 0.4) is 0 Å². The van der Waals surface area contributed by atoms with Crippen LogP contribution in [0.25, 0.3) is 16.9 Å². The van der Waals surface area contributed by atoms with Gasteiger partial charge in [0.15, 0.2) is 5.69 Å². The van der Waals surface area contributed by atoms with E-state index < -0.39 is 0 Å². The van der Waals surface area contributed by atoms with E-state index in [-0.39, 0.29) is 5.91 Å². The Labute approximate surface area is 170 Å². The minimum atomic E-state index is -0.0350. The van der Waals surface area contributed by atoms with Crippen molar-refractivity contribution < 1.29 is 9.53 Å². The molecular formula is C22H25N5O2. The number of piperazine rings is 1. The smallest absolute Gasteiger partial charge is 0.274 e. The van der Waals surface area contributed by atoms with Crippen molar-refractivity contribution in [3.63, 3.8) is 0 Å². The lowest BCUT2D eigenvalue weighted by Crippen LogP contribution is -2.47. The van der Waals surface area contributed by atoms with E-state index >= 15 is 0 Å². The van der Waals surface area contributed by atoms with E-state index in [0.29, 0.717) is 24.7 Å². The van der Waals surface area contributed by atoms with Gasteiger partial charge in [0.2, 0.25) is 5.88 Å². The van der Waals surface area contributed by atoms with Crippen LogP contribution in [0.2, 0.25) is 0 Å². The predicted molar refractivity (Wildman–Crippen MR) is 111 cm³/mol. The largest absolute Gasteiger partial charge is 0.481 e. The van der Waals surface area contributed by atoms with Crippen LogP contribution < -0.4 is 4.74 Å². The van der Waals surface area contributed by atoms with Crippen LogP contribution in [-0.2, 0) is 0 Å². The molecule has 4 rings (SSSR count). The standard InChI is InChI=1S/C22H25N5O2/c1-16-5-4-6-17(13-16)20-14-19(22(28)26-11-9-25(2)10-12-26)24-27(20)18-7-8-21(29-3)23-15-18/h4-8,13-15H,9-12H2,1-3H3. The van der Waals surface area contributed by atoms with Crippen molar-refractivity contribution in [3.8, 4) is 22.8 Å². The molecule has 29 heavy (non-hydrogen) atoms. The average molecular weight is 391 g/mol. The van der Waals surface area contributed by atoms with Crippen LogP contribution in [-0.4, -0.2) is 70.8 Å². The zero-order chi connectivity index (χ0) is 20.4. The Morgan fingerprint density at radius 2 is 1.86 bits per heavy atom. The maximum Gasteiger partial charge on any atom is 0.274 e. The molecule has 150 valence electrons. The first-order chi connectivity index (χ1) is 14.0. The topological polar surface area (TPSA) is 63.5 Å². The van der Waals surface area contributed by atoms with Gasteiger partial charge in [-0.3, -0.25) is 4.79 Å². The molecule has 1 aromatic carbocycles. The number of nitrogens with zero attached hydrogens (tertiary/aromatic N) is 5. The van der Waals surface area contributed by atoms with Crippen molar-refractivity contribution in [1.82, 2.24) is 24.6 Å². The number of hydrogen-bond acceptors (Lipinski definition) is 5. The van der Waals surface area contributed by atoms with Gasteiger partial charge in [-0.1, -0.05) is 23.8 Å². The van der Waals surface area contributed by atoms with Gasteiger partial charge in [-0.2, -0.15) is 5.10 Å². The van der Waals surface area contributed by atoms with E-state index in [1.54, 1.807) is 24.1 Å². The molecule has 0 saturated carbocycles. The highest BCUT2D eigenvalue weighted by atomic mass is 16.5. The molecule has 3 heterocycles. The van der Waals surface area contributed by atoms with Crippen LogP contribution in [0.5, 0.6) is 5.88 Å². The summed E-state index contributed by atoms with van der Waals surface area (Å²) in [5.74, 6) is 0.499. The summed E-state index contributed by atoms with van der Waals surface area (Å²) in [4.78, 5) is 21.5. The van der Waals surface area contributed by atoms with E-state index in [4.69, 9.17) is 4.74 Å². The zero-order valence-electron chi connectivity index (χ0n) is 17.0. The molecule has 1 aliphatic rings. The third-order valence-electron chi connectivity index (χ3n) is 5.21. The van der Waals surface area contributed by atoms with E-state index in [1.165, 1.54) is 0 Å². The van der Waals surface area contributed by atoms with Crippen LogP contribution in [0, 0.1) is 6.92 Å². The maximum absolute atomic E-state index is 13.1. The Morgan fingerprint density at radius 3 is 2.52 bits per heavy atom. The van der Waals surface area contributed by atoms with Crippen molar-refractivity contribution in [2.24, 2.45) is 0 Å². The number of ether oxygens (including phenoxy) is 1. The summed E-state index contributed by atoms with van der Waals surface area (Å²) in [6.45, 7) is 5.23. The van der Waals surface area contributed by atoms with Gasteiger partial charge in [0.05, 0.1) is 24.7 Å². The molecule has 2 aromatic heterocycles. The lowest BCUT2D eigenvalue weighted by Gasteiger charge is -2.31. The molecule has 1 aliphatic heterocycles. The Balaban J connectivity index is 1.75. The van der Waals surface area contributed by atoms with Gasteiger partial charge in [-0.15, -0.1) is 0 Å². The summed E-state index contributed by atoms with van der Waals surface area (Å²) in [5.41, 5.74) is 4.24. The number of benzene rings is 1. The van der Waals surface area contributed by atoms with Gasteiger partial charge in [0.25, 0.3) is 5.91 Å². The fraction of sp³-hybridized carbons (Fsp3) is 0.318. The van der Waals surface area contributed by atoms with Crippen molar-refractivity contribution in [2.45, 2.75) is 6.92 Å². The summed E-state index contributed by atoms with van der Waals surface area (Å²) in [6.07, 6.45) is 1.70. The van der Waals surface area contributed by atoms with Gasteiger partial charge >= 0.3 is 0 Å². The molecule has 0 bridgehead atoms. The lowest BCUT2D eigenvalue weighted by atomic mass is 10.1. The second-order valence-corrected chi connectivity index (χ2v) is 7.35. The van der Waals surface area contributed by atoms with E-state index in [9.17, 15) is 4.79 Å². The Morgan fingerprint density at radius 1 is 1.07 bits per heavy atom. The third kappa shape index (κ3) is 4.00. The molecule has 0 N–H and O–H groups in total. The Kier molecular flexibility index (Phi) is 5.31. The van der Waals surface area contributed by atoms with E-state index in [0.717, 1.165) is 35.6 Å². The first kappa shape index (κ1) is 19.1. The molecule has 7 heteroatoms. The van der Waals surface area contributed by atoms with Crippen LogP contribution >= 0.6 is 0 Å². The number of aryl methyl sites for hydroxylation is 1. The molecule has 3 aromatic rings. The highest BCUT2D eigenvalue weighted by Gasteiger charge is 2.24. The summed E-state index contributed by atoms with van der Waals surface area (Å²) >= 11 is 0. The second kappa shape index (κ2) is 8.05. The maximum atomic E-state index is 13.1. The van der Waals surface area contributed by atoms with Gasteiger partial charge in [0.1, 0.15) is 0 Å². The Hall–Kier alpha value is -3.19. The first-order valence-corrected chi connectivity index (χ1v) is 9.70. The molecule has 0 unspecified atom stereocenters. The fourth-order valence-corrected chi connectivity index (χ4v) is 3.48. The minimum absolute atomic E-state index is 0.0350. The summed E-state index contributed by atoms with van der Waals surface area (Å²) in [5, 5.41) is 4.67. The first-order valence-electron chi connectivity index (χ1n) is 9.70. The molecule has 1 saturated heterocycles. The molecule has 0 spiro atoms. The molecule has 1 amide bonds.